The number of hydrogen-bond acceptors (Lipinski definition) is 2. The smallest absolute Gasteiger partial charge is 0.0284 e. The van der Waals surface area contributed by atoms with Gasteiger partial charge in [-0.1, -0.05) is 0 Å². The monoisotopic (exact) mass is 239 g/mol. The molecule has 1 unspecified atom stereocenters. The number of rotatable bonds is 3. The van der Waals surface area contributed by atoms with Gasteiger partial charge in [-0.25, -0.2) is 0 Å². The lowest BCUT2D eigenvalue weighted by molar-refractivity contribution is -0.0492. The fourth-order valence-electron chi connectivity index (χ4n) is 5.28. The van der Waals surface area contributed by atoms with Crippen molar-refractivity contribution in [2.24, 2.45) is 35.3 Å². The Morgan fingerprint density at radius 1 is 1.06 bits per heavy atom. The van der Waals surface area contributed by atoms with E-state index in [-0.39, 0.29) is 0 Å². The highest BCUT2D eigenvalue weighted by molar-refractivity contribution is 8.00. The first-order valence-electron chi connectivity index (χ1n) is 6.91. The van der Waals surface area contributed by atoms with Crippen LogP contribution in [0.2, 0.25) is 0 Å². The first-order chi connectivity index (χ1) is 7.66. The molecular weight excluding hydrogens is 214 g/mol. The van der Waals surface area contributed by atoms with Crippen LogP contribution < -0.4 is 5.73 Å². The second-order valence-electron chi connectivity index (χ2n) is 6.68. The molecule has 1 atom stereocenters. The Bertz CT molecular complexity index is 244. The zero-order valence-corrected chi connectivity index (χ0v) is 11.4. The molecule has 4 rings (SSSR count). The molecule has 92 valence electrons. The van der Waals surface area contributed by atoms with Crippen LogP contribution in [0.4, 0.5) is 0 Å². The summed E-state index contributed by atoms with van der Waals surface area (Å²) in [4.78, 5) is 0. The molecule has 0 saturated heterocycles. The molecule has 0 aromatic carbocycles. The van der Waals surface area contributed by atoms with Gasteiger partial charge in [-0.05, 0) is 74.9 Å². The van der Waals surface area contributed by atoms with E-state index in [0.29, 0.717) is 4.75 Å². The molecule has 4 fully saturated rings. The average molecular weight is 239 g/mol. The van der Waals surface area contributed by atoms with Crippen molar-refractivity contribution in [3.63, 3.8) is 0 Å². The zero-order valence-electron chi connectivity index (χ0n) is 10.6. The van der Waals surface area contributed by atoms with Crippen LogP contribution in [0, 0.1) is 29.6 Å². The quantitative estimate of drug-likeness (QED) is 0.819. The van der Waals surface area contributed by atoms with Crippen LogP contribution in [0.3, 0.4) is 0 Å². The molecule has 4 saturated carbocycles. The normalized spacial score (nSPS) is 49.3. The van der Waals surface area contributed by atoms with Crippen molar-refractivity contribution in [1.82, 2.24) is 0 Å². The van der Waals surface area contributed by atoms with Crippen LogP contribution >= 0.6 is 11.8 Å². The maximum atomic E-state index is 6.08. The van der Waals surface area contributed by atoms with Gasteiger partial charge in [-0.15, -0.1) is 0 Å². The van der Waals surface area contributed by atoms with E-state index < -0.39 is 0 Å². The van der Waals surface area contributed by atoms with E-state index in [4.69, 9.17) is 5.73 Å². The van der Waals surface area contributed by atoms with E-state index in [9.17, 15) is 0 Å². The van der Waals surface area contributed by atoms with Gasteiger partial charge in [-0.2, -0.15) is 11.8 Å². The molecule has 0 aromatic rings. The summed E-state index contributed by atoms with van der Waals surface area (Å²) in [5.41, 5.74) is 6.08. The predicted molar refractivity (Wildman–Crippen MR) is 71.5 cm³/mol. The van der Waals surface area contributed by atoms with E-state index in [0.717, 1.165) is 36.1 Å². The minimum atomic E-state index is 0.350. The molecule has 16 heavy (non-hydrogen) atoms. The summed E-state index contributed by atoms with van der Waals surface area (Å²) < 4.78 is 0.350. The third-order valence-corrected chi connectivity index (χ3v) is 7.17. The minimum Gasteiger partial charge on any atom is -0.329 e. The SMILES string of the molecule is CSC(C)(CN)C1C2CC3CC(C2)CC1C3. The number of thioether (sulfide) groups is 1. The maximum absolute atomic E-state index is 6.08. The lowest BCUT2D eigenvalue weighted by Gasteiger charge is -2.59. The van der Waals surface area contributed by atoms with Crippen LogP contribution in [0.1, 0.15) is 39.0 Å². The minimum absolute atomic E-state index is 0.350. The molecule has 4 aliphatic carbocycles. The number of hydrogen-bond donors (Lipinski definition) is 1. The van der Waals surface area contributed by atoms with E-state index >= 15 is 0 Å². The van der Waals surface area contributed by atoms with Crippen LogP contribution in [-0.4, -0.2) is 17.5 Å². The summed E-state index contributed by atoms with van der Waals surface area (Å²) in [6, 6.07) is 0. The van der Waals surface area contributed by atoms with Crippen molar-refractivity contribution in [2.75, 3.05) is 12.8 Å². The summed E-state index contributed by atoms with van der Waals surface area (Å²) in [5, 5.41) is 0. The summed E-state index contributed by atoms with van der Waals surface area (Å²) in [7, 11) is 0. The van der Waals surface area contributed by atoms with Crippen molar-refractivity contribution in [3.05, 3.63) is 0 Å². The second-order valence-corrected chi connectivity index (χ2v) is 8.02. The van der Waals surface area contributed by atoms with E-state index in [1.807, 2.05) is 11.8 Å². The summed E-state index contributed by atoms with van der Waals surface area (Å²) in [5.74, 6) is 5.11. The highest BCUT2D eigenvalue weighted by Gasteiger charge is 2.53. The Labute approximate surface area is 104 Å². The third-order valence-electron chi connectivity index (χ3n) is 5.80. The maximum Gasteiger partial charge on any atom is 0.0284 e. The van der Waals surface area contributed by atoms with Gasteiger partial charge in [0.05, 0.1) is 0 Å². The molecule has 0 heterocycles. The molecular formula is C14H25NS. The lowest BCUT2D eigenvalue weighted by Crippen LogP contribution is -2.54. The predicted octanol–water partition coefficient (Wildman–Crippen LogP) is 3.14. The van der Waals surface area contributed by atoms with Crippen LogP contribution in [-0.2, 0) is 0 Å². The van der Waals surface area contributed by atoms with E-state index in [2.05, 4.69) is 13.2 Å². The highest BCUT2D eigenvalue weighted by atomic mass is 32.2. The highest BCUT2D eigenvalue weighted by Crippen LogP contribution is 2.60. The Morgan fingerprint density at radius 3 is 1.94 bits per heavy atom. The molecule has 0 spiro atoms. The van der Waals surface area contributed by atoms with Crippen LogP contribution in [0.25, 0.3) is 0 Å². The summed E-state index contributed by atoms with van der Waals surface area (Å²) in [6.45, 7) is 3.28. The standard InChI is InChI=1S/C14H25NS/c1-14(8-15,16-2)13-11-4-9-3-10(6-11)7-12(13)5-9/h9-13H,3-8,15H2,1-2H3. The molecule has 0 radical (unpaired) electrons. The van der Waals surface area contributed by atoms with Crippen LogP contribution in [0.5, 0.6) is 0 Å². The van der Waals surface area contributed by atoms with Crippen molar-refractivity contribution in [2.45, 2.75) is 43.8 Å². The van der Waals surface area contributed by atoms with Gasteiger partial charge in [-0.3, -0.25) is 0 Å². The average Bonchev–Trinajstić information content (AvgIpc) is 2.27. The molecule has 0 amide bonds. The lowest BCUT2D eigenvalue weighted by atomic mass is 9.49. The fraction of sp³-hybridized carbons (Fsp3) is 1.00. The Morgan fingerprint density at radius 2 is 1.56 bits per heavy atom. The molecule has 0 aliphatic heterocycles. The van der Waals surface area contributed by atoms with Crippen molar-refractivity contribution >= 4 is 11.8 Å². The Hall–Kier alpha value is 0.310. The summed E-state index contributed by atoms with van der Waals surface area (Å²) in [6.07, 6.45) is 9.90. The molecule has 4 bridgehead atoms. The first-order valence-corrected chi connectivity index (χ1v) is 8.14. The molecule has 0 aromatic heterocycles. The van der Waals surface area contributed by atoms with Crippen molar-refractivity contribution < 1.29 is 0 Å². The molecule has 1 nitrogen and oxygen atoms in total. The number of nitrogens with two attached hydrogens (primary N) is 1. The van der Waals surface area contributed by atoms with Crippen molar-refractivity contribution in [1.29, 1.82) is 0 Å². The third kappa shape index (κ3) is 1.56. The van der Waals surface area contributed by atoms with Gasteiger partial charge in [0.15, 0.2) is 0 Å². The van der Waals surface area contributed by atoms with Gasteiger partial charge in [0.25, 0.3) is 0 Å². The van der Waals surface area contributed by atoms with Gasteiger partial charge >= 0.3 is 0 Å². The molecule has 2 N–H and O–H groups in total. The Kier molecular flexibility index (Phi) is 2.79. The van der Waals surface area contributed by atoms with E-state index in [1.54, 1.807) is 6.42 Å². The largest absolute Gasteiger partial charge is 0.329 e. The van der Waals surface area contributed by atoms with Crippen LogP contribution in [0.15, 0.2) is 0 Å². The van der Waals surface area contributed by atoms with Gasteiger partial charge in [0.1, 0.15) is 0 Å². The van der Waals surface area contributed by atoms with Gasteiger partial charge in [0.2, 0.25) is 0 Å². The van der Waals surface area contributed by atoms with Gasteiger partial charge in [0, 0.05) is 11.3 Å². The zero-order chi connectivity index (χ0) is 11.3. The van der Waals surface area contributed by atoms with E-state index in [1.165, 1.54) is 25.7 Å². The topological polar surface area (TPSA) is 26.0 Å². The Balaban J connectivity index is 1.86. The second kappa shape index (κ2) is 3.91. The van der Waals surface area contributed by atoms with Gasteiger partial charge < -0.3 is 5.73 Å². The summed E-state index contributed by atoms with van der Waals surface area (Å²) >= 11 is 2.03. The molecule has 2 heteroatoms. The first kappa shape index (κ1) is 11.4. The van der Waals surface area contributed by atoms with Crippen molar-refractivity contribution in [3.8, 4) is 0 Å². The molecule has 4 aliphatic rings. The fourth-order valence-corrected chi connectivity index (χ4v) is 6.10.